The highest BCUT2D eigenvalue weighted by Crippen LogP contribution is 2.31. The highest BCUT2D eigenvalue weighted by atomic mass is 16.2. The van der Waals surface area contributed by atoms with Crippen LogP contribution in [0.1, 0.15) is 39.5 Å². The molecule has 1 aliphatic heterocycles. The first kappa shape index (κ1) is 13.4. The standard InChI is InChI=1S/C14H24N2O2/c1-3-11(4-2)13(17)15-7-9-16(10-8-15)14(18)12-5-6-12/h11-12H,3-10H2,1-2H3. The van der Waals surface area contributed by atoms with E-state index in [4.69, 9.17) is 0 Å². The quantitative estimate of drug-likeness (QED) is 0.761. The molecule has 0 radical (unpaired) electrons. The second kappa shape index (κ2) is 5.72. The molecule has 4 heteroatoms. The predicted molar refractivity (Wildman–Crippen MR) is 70.0 cm³/mol. The molecule has 0 atom stereocenters. The maximum Gasteiger partial charge on any atom is 0.225 e. The molecule has 1 saturated carbocycles. The predicted octanol–water partition coefficient (Wildman–Crippen LogP) is 1.50. The Kier molecular flexibility index (Phi) is 4.25. The topological polar surface area (TPSA) is 40.6 Å². The second-order valence-corrected chi connectivity index (χ2v) is 5.44. The Morgan fingerprint density at radius 3 is 1.94 bits per heavy atom. The van der Waals surface area contributed by atoms with Crippen LogP contribution in [0.3, 0.4) is 0 Å². The first-order valence-corrected chi connectivity index (χ1v) is 7.24. The van der Waals surface area contributed by atoms with Gasteiger partial charge < -0.3 is 9.80 Å². The van der Waals surface area contributed by atoms with Crippen molar-refractivity contribution < 1.29 is 9.59 Å². The Labute approximate surface area is 109 Å². The summed E-state index contributed by atoms with van der Waals surface area (Å²) in [5, 5.41) is 0. The van der Waals surface area contributed by atoms with E-state index in [0.717, 1.165) is 38.8 Å². The van der Waals surface area contributed by atoms with E-state index >= 15 is 0 Å². The van der Waals surface area contributed by atoms with Crippen LogP contribution in [0.5, 0.6) is 0 Å². The average molecular weight is 252 g/mol. The summed E-state index contributed by atoms with van der Waals surface area (Å²) in [5.74, 6) is 1.05. The third-order valence-electron chi connectivity index (χ3n) is 4.16. The molecular weight excluding hydrogens is 228 g/mol. The lowest BCUT2D eigenvalue weighted by molar-refractivity contribution is -0.142. The van der Waals surface area contributed by atoms with Gasteiger partial charge >= 0.3 is 0 Å². The molecule has 2 rings (SSSR count). The molecule has 0 unspecified atom stereocenters. The minimum absolute atomic E-state index is 0.163. The van der Waals surface area contributed by atoms with Crippen LogP contribution in [0, 0.1) is 11.8 Å². The monoisotopic (exact) mass is 252 g/mol. The number of piperazine rings is 1. The number of amides is 2. The summed E-state index contributed by atoms with van der Waals surface area (Å²) >= 11 is 0. The molecule has 0 aromatic heterocycles. The molecule has 0 N–H and O–H groups in total. The third-order valence-corrected chi connectivity index (χ3v) is 4.16. The van der Waals surface area contributed by atoms with Crippen LogP contribution in [-0.2, 0) is 9.59 Å². The number of carbonyl (C=O) groups is 2. The molecule has 1 saturated heterocycles. The van der Waals surface area contributed by atoms with Crippen molar-refractivity contribution in [1.29, 1.82) is 0 Å². The normalized spacial score (nSPS) is 20.4. The third kappa shape index (κ3) is 2.85. The molecule has 18 heavy (non-hydrogen) atoms. The van der Waals surface area contributed by atoms with Crippen molar-refractivity contribution in [2.75, 3.05) is 26.2 Å². The number of hydrogen-bond acceptors (Lipinski definition) is 2. The molecule has 4 nitrogen and oxygen atoms in total. The first-order valence-electron chi connectivity index (χ1n) is 7.24. The highest BCUT2D eigenvalue weighted by molar-refractivity contribution is 5.82. The maximum absolute atomic E-state index is 12.2. The van der Waals surface area contributed by atoms with E-state index in [1.165, 1.54) is 0 Å². The fourth-order valence-corrected chi connectivity index (χ4v) is 2.63. The Hall–Kier alpha value is -1.06. The Morgan fingerprint density at radius 2 is 1.50 bits per heavy atom. The molecule has 0 aromatic rings. The molecule has 1 heterocycles. The molecule has 2 amide bonds. The van der Waals surface area contributed by atoms with Crippen LogP contribution in [-0.4, -0.2) is 47.8 Å². The molecule has 1 aliphatic carbocycles. The summed E-state index contributed by atoms with van der Waals surface area (Å²) in [6.07, 6.45) is 3.95. The summed E-state index contributed by atoms with van der Waals surface area (Å²) in [5.41, 5.74) is 0. The minimum Gasteiger partial charge on any atom is -0.339 e. The van der Waals surface area contributed by atoms with Gasteiger partial charge in [0.1, 0.15) is 0 Å². The Bertz CT molecular complexity index is 314. The fourth-order valence-electron chi connectivity index (χ4n) is 2.63. The van der Waals surface area contributed by atoms with Crippen molar-refractivity contribution >= 4 is 11.8 Å². The average Bonchev–Trinajstić information content (AvgIpc) is 3.24. The lowest BCUT2D eigenvalue weighted by atomic mass is 10.0. The maximum atomic E-state index is 12.2. The van der Waals surface area contributed by atoms with Gasteiger partial charge in [-0.25, -0.2) is 0 Å². The molecule has 2 fully saturated rings. The highest BCUT2D eigenvalue weighted by Gasteiger charge is 2.35. The van der Waals surface area contributed by atoms with Gasteiger partial charge in [-0.2, -0.15) is 0 Å². The molecular formula is C14H24N2O2. The number of hydrogen-bond donors (Lipinski definition) is 0. The second-order valence-electron chi connectivity index (χ2n) is 5.44. The Morgan fingerprint density at radius 1 is 1.00 bits per heavy atom. The van der Waals surface area contributed by atoms with E-state index in [0.29, 0.717) is 24.9 Å². The van der Waals surface area contributed by atoms with Crippen molar-refractivity contribution in [2.45, 2.75) is 39.5 Å². The summed E-state index contributed by atoms with van der Waals surface area (Å²) in [6.45, 7) is 7.02. The molecule has 0 bridgehead atoms. The SMILES string of the molecule is CCC(CC)C(=O)N1CCN(C(=O)C2CC2)CC1. The van der Waals surface area contributed by atoms with Gasteiger partial charge in [0, 0.05) is 38.0 Å². The molecule has 102 valence electrons. The number of nitrogens with zero attached hydrogens (tertiary/aromatic N) is 2. The van der Waals surface area contributed by atoms with E-state index in [9.17, 15) is 9.59 Å². The zero-order chi connectivity index (χ0) is 13.1. The number of carbonyl (C=O) groups excluding carboxylic acids is 2. The van der Waals surface area contributed by atoms with Gasteiger partial charge in [0.25, 0.3) is 0 Å². The van der Waals surface area contributed by atoms with Crippen molar-refractivity contribution in [2.24, 2.45) is 11.8 Å². The van der Waals surface area contributed by atoms with Gasteiger partial charge in [0.2, 0.25) is 11.8 Å². The number of rotatable bonds is 4. The zero-order valence-corrected chi connectivity index (χ0v) is 11.5. The lowest BCUT2D eigenvalue weighted by Crippen LogP contribution is -2.52. The van der Waals surface area contributed by atoms with Crippen LogP contribution in [0.4, 0.5) is 0 Å². The van der Waals surface area contributed by atoms with Crippen molar-refractivity contribution in [3.05, 3.63) is 0 Å². The van der Waals surface area contributed by atoms with E-state index in [2.05, 4.69) is 13.8 Å². The summed E-state index contributed by atoms with van der Waals surface area (Å²) in [4.78, 5) is 28.0. The van der Waals surface area contributed by atoms with Gasteiger partial charge in [0.15, 0.2) is 0 Å². The molecule has 0 aromatic carbocycles. The molecule has 0 spiro atoms. The fraction of sp³-hybridized carbons (Fsp3) is 0.857. The summed E-state index contributed by atoms with van der Waals surface area (Å²) in [6, 6.07) is 0. The lowest BCUT2D eigenvalue weighted by Gasteiger charge is -2.36. The van der Waals surface area contributed by atoms with Gasteiger partial charge in [-0.3, -0.25) is 9.59 Å². The summed E-state index contributed by atoms with van der Waals surface area (Å²) < 4.78 is 0. The van der Waals surface area contributed by atoms with Crippen LogP contribution in [0.15, 0.2) is 0 Å². The molecule has 2 aliphatic rings. The van der Waals surface area contributed by atoms with Crippen molar-refractivity contribution in [1.82, 2.24) is 9.80 Å². The van der Waals surface area contributed by atoms with E-state index in [1.54, 1.807) is 0 Å². The van der Waals surface area contributed by atoms with Crippen LogP contribution < -0.4 is 0 Å². The van der Waals surface area contributed by atoms with Crippen molar-refractivity contribution in [3.63, 3.8) is 0 Å². The minimum atomic E-state index is 0.163. The van der Waals surface area contributed by atoms with Gasteiger partial charge in [-0.05, 0) is 25.7 Å². The smallest absolute Gasteiger partial charge is 0.225 e. The largest absolute Gasteiger partial charge is 0.339 e. The van der Waals surface area contributed by atoms with Crippen molar-refractivity contribution in [3.8, 4) is 0 Å². The van der Waals surface area contributed by atoms with Crippen LogP contribution >= 0.6 is 0 Å². The zero-order valence-electron chi connectivity index (χ0n) is 11.5. The first-order chi connectivity index (χ1) is 8.67. The van der Waals surface area contributed by atoms with E-state index in [1.807, 2.05) is 9.80 Å². The summed E-state index contributed by atoms with van der Waals surface area (Å²) in [7, 11) is 0. The van der Waals surface area contributed by atoms with Gasteiger partial charge in [0.05, 0.1) is 0 Å². The van der Waals surface area contributed by atoms with Gasteiger partial charge in [-0.1, -0.05) is 13.8 Å². The van der Waals surface area contributed by atoms with E-state index in [-0.39, 0.29) is 11.8 Å². The van der Waals surface area contributed by atoms with Gasteiger partial charge in [-0.15, -0.1) is 0 Å². The Balaban J connectivity index is 1.82. The van der Waals surface area contributed by atoms with E-state index < -0.39 is 0 Å². The van der Waals surface area contributed by atoms with Crippen LogP contribution in [0.2, 0.25) is 0 Å². The van der Waals surface area contributed by atoms with Crippen LogP contribution in [0.25, 0.3) is 0 Å².